The largest absolute Gasteiger partial charge is 0.353 e. The van der Waals surface area contributed by atoms with Gasteiger partial charge in [-0.15, -0.1) is 11.3 Å². The standard InChI is InChI=1S/C17H17FN4O2S2/c1-26(23,24)22-8-6-21(7-9-22)16-15-14(10-25-17(15)20-11-19-16)12-2-4-13(18)5-3-12/h2-5,10-11H,6-9H2,1H3. The highest BCUT2D eigenvalue weighted by Crippen LogP contribution is 2.38. The van der Waals surface area contributed by atoms with E-state index in [0.29, 0.717) is 26.2 Å². The first kappa shape index (κ1) is 17.3. The summed E-state index contributed by atoms with van der Waals surface area (Å²) in [6.45, 7) is 2.00. The maximum atomic E-state index is 13.3. The number of piperazine rings is 1. The molecule has 26 heavy (non-hydrogen) atoms. The predicted octanol–water partition coefficient (Wildman–Crippen LogP) is 2.58. The van der Waals surface area contributed by atoms with Crippen LogP contribution in [0.3, 0.4) is 0 Å². The lowest BCUT2D eigenvalue weighted by Gasteiger charge is -2.34. The third-order valence-corrected chi connectivity index (χ3v) is 6.70. The average Bonchev–Trinajstić information content (AvgIpc) is 3.06. The first-order valence-electron chi connectivity index (χ1n) is 8.12. The highest BCUT2D eigenvalue weighted by atomic mass is 32.2. The summed E-state index contributed by atoms with van der Waals surface area (Å²) in [7, 11) is -3.18. The number of benzene rings is 1. The van der Waals surface area contributed by atoms with Gasteiger partial charge in [-0.1, -0.05) is 12.1 Å². The summed E-state index contributed by atoms with van der Waals surface area (Å²) in [6, 6.07) is 6.37. The van der Waals surface area contributed by atoms with E-state index in [2.05, 4.69) is 14.9 Å². The van der Waals surface area contributed by atoms with Crippen LogP contribution in [0.2, 0.25) is 0 Å². The van der Waals surface area contributed by atoms with Gasteiger partial charge >= 0.3 is 0 Å². The molecule has 0 spiro atoms. The minimum Gasteiger partial charge on any atom is -0.353 e. The lowest BCUT2D eigenvalue weighted by Crippen LogP contribution is -2.48. The maximum Gasteiger partial charge on any atom is 0.211 e. The quantitative estimate of drug-likeness (QED) is 0.685. The molecular weight excluding hydrogens is 375 g/mol. The fraction of sp³-hybridized carbons (Fsp3) is 0.294. The van der Waals surface area contributed by atoms with Gasteiger partial charge in [0, 0.05) is 37.1 Å². The number of anilines is 1. The van der Waals surface area contributed by atoms with Crippen molar-refractivity contribution in [3.63, 3.8) is 0 Å². The molecule has 3 heterocycles. The van der Waals surface area contributed by atoms with Crippen molar-refractivity contribution in [2.24, 2.45) is 0 Å². The van der Waals surface area contributed by atoms with E-state index >= 15 is 0 Å². The normalized spacial score (nSPS) is 16.3. The lowest BCUT2D eigenvalue weighted by molar-refractivity contribution is 0.387. The summed E-state index contributed by atoms with van der Waals surface area (Å²) in [5.74, 6) is 0.519. The van der Waals surface area contributed by atoms with E-state index in [1.54, 1.807) is 12.1 Å². The third-order valence-electron chi connectivity index (χ3n) is 4.51. The van der Waals surface area contributed by atoms with Crippen molar-refractivity contribution in [2.75, 3.05) is 37.3 Å². The van der Waals surface area contributed by atoms with E-state index in [0.717, 1.165) is 27.2 Å². The van der Waals surface area contributed by atoms with Crippen LogP contribution in [0.25, 0.3) is 21.3 Å². The zero-order chi connectivity index (χ0) is 18.3. The third kappa shape index (κ3) is 3.17. The van der Waals surface area contributed by atoms with Crippen LogP contribution in [-0.4, -0.2) is 55.1 Å². The highest BCUT2D eigenvalue weighted by molar-refractivity contribution is 7.88. The van der Waals surface area contributed by atoms with Crippen molar-refractivity contribution < 1.29 is 12.8 Å². The second-order valence-corrected chi connectivity index (χ2v) is 9.02. The van der Waals surface area contributed by atoms with Crippen LogP contribution in [0.15, 0.2) is 36.0 Å². The van der Waals surface area contributed by atoms with Gasteiger partial charge in [-0.05, 0) is 17.7 Å². The summed E-state index contributed by atoms with van der Waals surface area (Å²) >= 11 is 1.52. The van der Waals surface area contributed by atoms with Crippen molar-refractivity contribution in [1.29, 1.82) is 0 Å². The minimum atomic E-state index is -3.18. The number of rotatable bonds is 3. The second kappa shape index (κ2) is 6.57. The number of fused-ring (bicyclic) bond motifs is 1. The smallest absolute Gasteiger partial charge is 0.211 e. The lowest BCUT2D eigenvalue weighted by atomic mass is 10.1. The van der Waals surface area contributed by atoms with Crippen molar-refractivity contribution in [2.45, 2.75) is 0 Å². The Bertz CT molecular complexity index is 1040. The Morgan fingerprint density at radius 2 is 1.77 bits per heavy atom. The molecule has 3 aromatic rings. The number of halogens is 1. The summed E-state index contributed by atoms with van der Waals surface area (Å²) in [5.41, 5.74) is 1.87. The first-order chi connectivity index (χ1) is 12.4. The van der Waals surface area contributed by atoms with Gasteiger partial charge in [0.2, 0.25) is 10.0 Å². The molecule has 0 aliphatic carbocycles. The Morgan fingerprint density at radius 3 is 2.42 bits per heavy atom. The Balaban J connectivity index is 1.72. The number of hydrogen-bond donors (Lipinski definition) is 0. The van der Waals surface area contributed by atoms with Gasteiger partial charge in [0.25, 0.3) is 0 Å². The molecule has 1 aromatic carbocycles. The Morgan fingerprint density at radius 1 is 1.08 bits per heavy atom. The molecule has 1 aliphatic heterocycles. The zero-order valence-electron chi connectivity index (χ0n) is 14.1. The number of aromatic nitrogens is 2. The van der Waals surface area contributed by atoms with Gasteiger partial charge in [0.1, 0.15) is 22.8 Å². The van der Waals surface area contributed by atoms with Gasteiger partial charge in [0.05, 0.1) is 11.6 Å². The molecule has 9 heteroatoms. The van der Waals surface area contributed by atoms with Crippen molar-refractivity contribution in [3.05, 3.63) is 41.8 Å². The summed E-state index contributed by atoms with van der Waals surface area (Å²) in [4.78, 5) is 11.8. The number of sulfonamides is 1. The molecule has 0 unspecified atom stereocenters. The van der Waals surface area contributed by atoms with Crippen molar-refractivity contribution in [1.82, 2.24) is 14.3 Å². The molecular formula is C17H17FN4O2S2. The summed E-state index contributed by atoms with van der Waals surface area (Å²) in [6.07, 6.45) is 2.77. The van der Waals surface area contributed by atoms with E-state index < -0.39 is 10.0 Å². The number of nitrogens with zero attached hydrogens (tertiary/aromatic N) is 4. The van der Waals surface area contributed by atoms with Crippen LogP contribution >= 0.6 is 11.3 Å². The van der Waals surface area contributed by atoms with Crippen LogP contribution in [0.5, 0.6) is 0 Å². The fourth-order valence-corrected chi connectivity index (χ4v) is 4.91. The molecule has 1 saturated heterocycles. The van der Waals surface area contributed by atoms with Crippen molar-refractivity contribution in [3.8, 4) is 11.1 Å². The minimum absolute atomic E-state index is 0.276. The molecule has 0 amide bonds. The monoisotopic (exact) mass is 392 g/mol. The molecule has 0 radical (unpaired) electrons. The fourth-order valence-electron chi connectivity index (χ4n) is 3.17. The van der Waals surface area contributed by atoms with Gasteiger partial charge in [-0.2, -0.15) is 4.31 Å². The van der Waals surface area contributed by atoms with E-state index in [4.69, 9.17) is 0 Å². The van der Waals surface area contributed by atoms with Gasteiger partial charge < -0.3 is 4.90 Å². The van der Waals surface area contributed by atoms with Gasteiger partial charge in [-0.25, -0.2) is 22.8 Å². The number of hydrogen-bond acceptors (Lipinski definition) is 6. The van der Waals surface area contributed by atoms with E-state index in [-0.39, 0.29) is 5.82 Å². The SMILES string of the molecule is CS(=O)(=O)N1CCN(c2ncnc3scc(-c4ccc(F)cc4)c23)CC1. The molecule has 136 valence electrons. The summed E-state index contributed by atoms with van der Waals surface area (Å²) < 4.78 is 38.2. The zero-order valence-corrected chi connectivity index (χ0v) is 15.7. The Labute approximate surface area is 155 Å². The average molecular weight is 392 g/mol. The predicted molar refractivity (Wildman–Crippen MR) is 101 cm³/mol. The van der Waals surface area contributed by atoms with E-state index in [1.165, 1.54) is 40.4 Å². The van der Waals surface area contributed by atoms with E-state index in [1.807, 2.05) is 5.38 Å². The topological polar surface area (TPSA) is 66.4 Å². The van der Waals surface area contributed by atoms with Gasteiger partial charge in [-0.3, -0.25) is 0 Å². The van der Waals surface area contributed by atoms with Crippen LogP contribution in [-0.2, 0) is 10.0 Å². The molecule has 0 saturated carbocycles. The molecule has 0 N–H and O–H groups in total. The molecule has 0 bridgehead atoms. The molecule has 1 aliphatic rings. The molecule has 4 rings (SSSR count). The molecule has 2 aromatic heterocycles. The number of thiophene rings is 1. The second-order valence-electron chi connectivity index (χ2n) is 6.18. The van der Waals surface area contributed by atoms with Gasteiger partial charge in [0.15, 0.2) is 0 Å². The first-order valence-corrected chi connectivity index (χ1v) is 10.8. The maximum absolute atomic E-state index is 13.3. The van der Waals surface area contributed by atoms with E-state index in [9.17, 15) is 12.8 Å². The van der Waals surface area contributed by atoms with Crippen LogP contribution < -0.4 is 4.90 Å². The van der Waals surface area contributed by atoms with Crippen LogP contribution in [0.1, 0.15) is 0 Å². The molecule has 0 atom stereocenters. The Hall–Kier alpha value is -2.10. The highest BCUT2D eigenvalue weighted by Gasteiger charge is 2.26. The van der Waals surface area contributed by atoms with Crippen LogP contribution in [0, 0.1) is 5.82 Å². The summed E-state index contributed by atoms with van der Waals surface area (Å²) in [5, 5.41) is 2.93. The van der Waals surface area contributed by atoms with Crippen LogP contribution in [0.4, 0.5) is 10.2 Å². The Kier molecular flexibility index (Phi) is 4.37. The van der Waals surface area contributed by atoms with Crippen molar-refractivity contribution >= 4 is 37.4 Å². The molecule has 1 fully saturated rings. The molecule has 6 nitrogen and oxygen atoms in total.